The number of hydrogen-bond donors (Lipinski definition) is 1. The van der Waals surface area contributed by atoms with Crippen LogP contribution < -0.4 is 5.73 Å². The molecule has 0 aliphatic carbocycles. The molecule has 1 aliphatic rings. The molecule has 2 N–H and O–H groups in total. The number of carbonyl (C=O) groups excluding carboxylic acids is 2. The van der Waals surface area contributed by atoms with E-state index in [1.165, 1.54) is 5.56 Å². The zero-order valence-corrected chi connectivity index (χ0v) is 16.3. The van der Waals surface area contributed by atoms with Gasteiger partial charge in [-0.05, 0) is 37.1 Å². The molecule has 1 fully saturated rings. The molecule has 4 heteroatoms. The van der Waals surface area contributed by atoms with E-state index in [9.17, 15) is 9.59 Å². The van der Waals surface area contributed by atoms with Gasteiger partial charge in [-0.15, -0.1) is 0 Å². The molecular weight excluding hydrogens is 360 g/mol. The standard InChI is InChI=1S/C25H24N2O2/c26-23-20(24(28)19-11-5-2-6-12-19)13-7-14-21(23)25(29)22-15-8-16-27(22)17-18-9-3-1-4-10-18/h1-7,9-14,22H,8,15-17,26H2/t22-/m0/s1. The van der Waals surface area contributed by atoms with E-state index in [0.29, 0.717) is 16.7 Å². The van der Waals surface area contributed by atoms with Crippen LogP contribution in [0.15, 0.2) is 78.9 Å². The molecule has 0 saturated carbocycles. The van der Waals surface area contributed by atoms with Gasteiger partial charge in [0.2, 0.25) is 0 Å². The summed E-state index contributed by atoms with van der Waals surface area (Å²) in [5.74, 6) is -0.163. The van der Waals surface area contributed by atoms with Crippen LogP contribution in [0.4, 0.5) is 5.69 Å². The Morgan fingerprint density at radius 2 is 1.52 bits per heavy atom. The summed E-state index contributed by atoms with van der Waals surface area (Å²) >= 11 is 0. The lowest BCUT2D eigenvalue weighted by atomic mass is 9.94. The normalized spacial score (nSPS) is 16.6. The van der Waals surface area contributed by atoms with Crippen molar-refractivity contribution in [1.29, 1.82) is 0 Å². The van der Waals surface area contributed by atoms with Crippen molar-refractivity contribution in [2.24, 2.45) is 0 Å². The third kappa shape index (κ3) is 3.98. The largest absolute Gasteiger partial charge is 0.398 e. The summed E-state index contributed by atoms with van der Waals surface area (Å²) in [5, 5.41) is 0. The van der Waals surface area contributed by atoms with Gasteiger partial charge in [0.05, 0.1) is 11.7 Å². The average molecular weight is 384 g/mol. The highest BCUT2D eigenvalue weighted by molar-refractivity contribution is 6.15. The van der Waals surface area contributed by atoms with Crippen molar-refractivity contribution in [2.45, 2.75) is 25.4 Å². The molecule has 146 valence electrons. The first-order valence-electron chi connectivity index (χ1n) is 9.95. The van der Waals surface area contributed by atoms with Crippen LogP contribution in [0.2, 0.25) is 0 Å². The predicted octanol–water partition coefficient (Wildman–Crippen LogP) is 4.35. The molecule has 3 aromatic rings. The van der Waals surface area contributed by atoms with E-state index in [0.717, 1.165) is 25.9 Å². The maximum absolute atomic E-state index is 13.3. The first-order chi connectivity index (χ1) is 14.1. The number of nitrogens with two attached hydrogens (primary N) is 1. The Kier molecular flexibility index (Phi) is 5.54. The molecule has 1 heterocycles. The molecule has 4 rings (SSSR count). The third-order valence-electron chi connectivity index (χ3n) is 5.55. The Hall–Kier alpha value is -3.24. The van der Waals surface area contributed by atoms with E-state index in [2.05, 4.69) is 17.0 Å². The lowest BCUT2D eigenvalue weighted by Crippen LogP contribution is -2.36. The highest BCUT2D eigenvalue weighted by Crippen LogP contribution is 2.28. The van der Waals surface area contributed by atoms with Crippen LogP contribution in [0.5, 0.6) is 0 Å². The molecule has 1 saturated heterocycles. The van der Waals surface area contributed by atoms with Crippen molar-refractivity contribution in [1.82, 2.24) is 4.90 Å². The Labute approximate surface area is 171 Å². The van der Waals surface area contributed by atoms with Crippen LogP contribution in [0.25, 0.3) is 0 Å². The molecule has 29 heavy (non-hydrogen) atoms. The lowest BCUT2D eigenvalue weighted by Gasteiger charge is -2.24. The molecule has 1 atom stereocenters. The molecule has 0 spiro atoms. The van der Waals surface area contributed by atoms with Crippen molar-refractivity contribution < 1.29 is 9.59 Å². The second-order valence-electron chi connectivity index (χ2n) is 7.44. The molecule has 3 aromatic carbocycles. The molecule has 0 aromatic heterocycles. The van der Waals surface area contributed by atoms with Crippen LogP contribution in [0.1, 0.15) is 44.7 Å². The number of ketones is 2. The summed E-state index contributed by atoms with van der Waals surface area (Å²) < 4.78 is 0. The zero-order valence-electron chi connectivity index (χ0n) is 16.3. The number of para-hydroxylation sites is 1. The van der Waals surface area contributed by atoms with E-state index >= 15 is 0 Å². The molecule has 0 amide bonds. The summed E-state index contributed by atoms with van der Waals surface area (Å²) in [4.78, 5) is 28.4. The number of nitrogens with zero attached hydrogens (tertiary/aromatic N) is 1. The lowest BCUT2D eigenvalue weighted by molar-refractivity contribution is 0.0863. The van der Waals surface area contributed by atoms with Crippen LogP contribution in [-0.2, 0) is 6.54 Å². The van der Waals surface area contributed by atoms with E-state index in [4.69, 9.17) is 5.73 Å². The number of rotatable bonds is 6. The fourth-order valence-corrected chi connectivity index (χ4v) is 4.03. The summed E-state index contributed by atoms with van der Waals surface area (Å²) in [6.45, 7) is 1.62. The molecular formula is C25H24N2O2. The number of carbonyl (C=O) groups is 2. The van der Waals surface area contributed by atoms with Gasteiger partial charge in [0.1, 0.15) is 0 Å². The van der Waals surface area contributed by atoms with Crippen LogP contribution in [0, 0.1) is 0 Å². The summed E-state index contributed by atoms with van der Waals surface area (Å²) in [7, 11) is 0. The first-order valence-corrected chi connectivity index (χ1v) is 9.95. The average Bonchev–Trinajstić information content (AvgIpc) is 3.22. The number of likely N-dealkylation sites (tertiary alicyclic amines) is 1. The monoisotopic (exact) mass is 384 g/mol. The Morgan fingerprint density at radius 3 is 2.24 bits per heavy atom. The number of hydrogen-bond acceptors (Lipinski definition) is 4. The van der Waals surface area contributed by atoms with E-state index in [-0.39, 0.29) is 23.3 Å². The Morgan fingerprint density at radius 1 is 0.862 bits per heavy atom. The highest BCUT2D eigenvalue weighted by Gasteiger charge is 2.32. The van der Waals surface area contributed by atoms with Crippen molar-refractivity contribution in [2.75, 3.05) is 12.3 Å². The van der Waals surface area contributed by atoms with Crippen molar-refractivity contribution in [3.63, 3.8) is 0 Å². The maximum Gasteiger partial charge on any atom is 0.195 e. The van der Waals surface area contributed by atoms with Gasteiger partial charge in [0.25, 0.3) is 0 Å². The third-order valence-corrected chi connectivity index (χ3v) is 5.55. The number of Topliss-reactive ketones (excluding diaryl/α,β-unsaturated/α-hetero) is 1. The van der Waals surface area contributed by atoms with Crippen LogP contribution >= 0.6 is 0 Å². The number of nitrogen functional groups attached to an aromatic ring is 1. The first kappa shape index (κ1) is 19.1. The van der Waals surface area contributed by atoms with Gasteiger partial charge in [-0.25, -0.2) is 0 Å². The van der Waals surface area contributed by atoms with Gasteiger partial charge in [0.15, 0.2) is 11.6 Å². The topological polar surface area (TPSA) is 63.4 Å². The number of anilines is 1. The summed E-state index contributed by atoms with van der Waals surface area (Å²) in [6, 6.07) is 24.2. The zero-order chi connectivity index (χ0) is 20.2. The molecule has 1 aliphatic heterocycles. The Balaban J connectivity index is 1.59. The van der Waals surface area contributed by atoms with Gasteiger partial charge in [0, 0.05) is 23.2 Å². The number of benzene rings is 3. The Bertz CT molecular complexity index is 1020. The van der Waals surface area contributed by atoms with Crippen LogP contribution in [-0.4, -0.2) is 29.1 Å². The molecule has 4 nitrogen and oxygen atoms in total. The van der Waals surface area contributed by atoms with Crippen molar-refractivity contribution in [3.8, 4) is 0 Å². The van der Waals surface area contributed by atoms with Crippen LogP contribution in [0.3, 0.4) is 0 Å². The molecule has 0 bridgehead atoms. The quantitative estimate of drug-likeness (QED) is 0.507. The van der Waals surface area contributed by atoms with Crippen molar-refractivity contribution >= 4 is 17.3 Å². The van der Waals surface area contributed by atoms with Crippen molar-refractivity contribution in [3.05, 3.63) is 101 Å². The second kappa shape index (κ2) is 8.41. The van der Waals surface area contributed by atoms with Gasteiger partial charge < -0.3 is 5.73 Å². The molecule has 0 unspecified atom stereocenters. The SMILES string of the molecule is Nc1c(C(=O)c2ccccc2)cccc1C(=O)[C@@H]1CCCN1Cc1ccccc1. The minimum Gasteiger partial charge on any atom is -0.398 e. The van der Waals surface area contributed by atoms with Gasteiger partial charge >= 0.3 is 0 Å². The second-order valence-corrected chi connectivity index (χ2v) is 7.44. The summed E-state index contributed by atoms with van der Waals surface area (Å²) in [5.41, 5.74) is 9.18. The smallest absolute Gasteiger partial charge is 0.195 e. The summed E-state index contributed by atoms with van der Waals surface area (Å²) in [6.07, 6.45) is 1.79. The minimum atomic E-state index is -0.209. The van der Waals surface area contributed by atoms with E-state index in [1.54, 1.807) is 30.3 Å². The van der Waals surface area contributed by atoms with Gasteiger partial charge in [-0.3, -0.25) is 14.5 Å². The van der Waals surface area contributed by atoms with E-state index in [1.807, 2.05) is 36.4 Å². The van der Waals surface area contributed by atoms with E-state index < -0.39 is 0 Å². The van der Waals surface area contributed by atoms with Gasteiger partial charge in [-0.1, -0.05) is 66.7 Å². The maximum atomic E-state index is 13.3. The van der Waals surface area contributed by atoms with Gasteiger partial charge in [-0.2, -0.15) is 0 Å². The fourth-order valence-electron chi connectivity index (χ4n) is 4.03. The molecule has 0 radical (unpaired) electrons. The fraction of sp³-hybridized carbons (Fsp3) is 0.200. The minimum absolute atomic E-state index is 0.00126. The predicted molar refractivity (Wildman–Crippen MR) is 115 cm³/mol. The highest BCUT2D eigenvalue weighted by atomic mass is 16.1.